The van der Waals surface area contributed by atoms with Gasteiger partial charge in [0.25, 0.3) is 0 Å². The van der Waals surface area contributed by atoms with Crippen molar-refractivity contribution in [1.29, 1.82) is 0 Å². The number of para-hydroxylation sites is 3. The van der Waals surface area contributed by atoms with Gasteiger partial charge in [0.2, 0.25) is 5.95 Å². The molecule has 0 spiro atoms. The Balaban J connectivity index is 1.14. The monoisotopic (exact) mass is 820 g/mol. The summed E-state index contributed by atoms with van der Waals surface area (Å²) in [5.74, 6) is 0.666. The number of thiophene rings is 1. The molecule has 0 radical (unpaired) electrons. The maximum Gasteiger partial charge on any atom is 0.235 e. The van der Waals surface area contributed by atoms with E-state index in [1.807, 2.05) is 0 Å². The quantitative estimate of drug-likeness (QED) is 0.177. The van der Waals surface area contributed by atoms with Crippen molar-refractivity contribution in [1.82, 2.24) is 19.1 Å². The summed E-state index contributed by atoms with van der Waals surface area (Å²) < 4.78 is 7.15. The zero-order chi connectivity index (χ0) is 41.2. The van der Waals surface area contributed by atoms with E-state index < -0.39 is 0 Å². The number of benzene rings is 8. The summed E-state index contributed by atoms with van der Waals surface area (Å²) in [7, 11) is 0. The fraction of sp³-hybridized carbons (Fsp3) is 0.0345. The van der Waals surface area contributed by atoms with Crippen LogP contribution in [0.1, 0.15) is 18.4 Å². The first-order valence-electron chi connectivity index (χ1n) is 21.7. The van der Waals surface area contributed by atoms with E-state index in [0.29, 0.717) is 5.95 Å². The van der Waals surface area contributed by atoms with Crippen molar-refractivity contribution in [2.75, 3.05) is 0 Å². The Hall–Kier alpha value is -7.86. The third-order valence-corrected chi connectivity index (χ3v) is 14.5. The molecule has 5 heteroatoms. The molecule has 0 atom stereocenters. The molecular formula is C58H36N4S. The molecule has 1 aliphatic heterocycles. The van der Waals surface area contributed by atoms with Gasteiger partial charge in [-0.05, 0) is 94.8 Å². The van der Waals surface area contributed by atoms with E-state index in [1.54, 1.807) is 11.3 Å². The van der Waals surface area contributed by atoms with Crippen molar-refractivity contribution in [3.63, 3.8) is 0 Å². The number of fused-ring (bicyclic) bond motifs is 15. The summed E-state index contributed by atoms with van der Waals surface area (Å²) in [4.78, 5) is 11.4. The molecule has 1 aliphatic carbocycles. The Morgan fingerprint density at radius 3 is 2.02 bits per heavy atom. The Morgan fingerprint density at radius 2 is 1.17 bits per heavy atom. The lowest BCUT2D eigenvalue weighted by Crippen LogP contribution is -2.03. The van der Waals surface area contributed by atoms with E-state index >= 15 is 0 Å². The summed E-state index contributed by atoms with van der Waals surface area (Å²) in [6.45, 7) is 0. The van der Waals surface area contributed by atoms with Crippen LogP contribution in [-0.4, -0.2) is 19.1 Å². The third kappa shape index (κ3) is 5.03. The van der Waals surface area contributed by atoms with Crippen molar-refractivity contribution >= 4 is 80.8 Å². The average Bonchev–Trinajstić information content (AvgIpc) is 3.98. The van der Waals surface area contributed by atoms with Crippen LogP contribution in [0, 0.1) is 0 Å². The summed E-state index contributed by atoms with van der Waals surface area (Å²) in [6, 6.07) is 64.5. The SMILES string of the molecule is C1=CCCC(c2cc(-c3ccccc3)cc(-c3nc(-n4c5ccccc5c5c6c7c(cc54)c4ccccc4n7-c4ccccc4-c4ccccc4-6)nc4c3sc3ccccc34)c2)=C1. The molecule has 0 bridgehead atoms. The molecule has 0 fully saturated rings. The third-order valence-electron chi connectivity index (χ3n) is 13.3. The topological polar surface area (TPSA) is 35.6 Å². The number of rotatable bonds is 4. The first-order chi connectivity index (χ1) is 31.3. The molecule has 0 saturated heterocycles. The van der Waals surface area contributed by atoms with E-state index in [-0.39, 0.29) is 0 Å². The van der Waals surface area contributed by atoms with Crippen molar-refractivity contribution < 1.29 is 0 Å². The van der Waals surface area contributed by atoms with Crippen LogP contribution >= 0.6 is 11.3 Å². The lowest BCUT2D eigenvalue weighted by molar-refractivity contribution is 1.02. The van der Waals surface area contributed by atoms with Crippen LogP contribution in [0.5, 0.6) is 0 Å². The van der Waals surface area contributed by atoms with Gasteiger partial charge in [-0.1, -0.05) is 146 Å². The van der Waals surface area contributed by atoms with Crippen LogP contribution < -0.4 is 0 Å². The number of hydrogen-bond acceptors (Lipinski definition) is 3. The van der Waals surface area contributed by atoms with Crippen LogP contribution in [-0.2, 0) is 0 Å². The molecule has 5 heterocycles. The van der Waals surface area contributed by atoms with E-state index in [9.17, 15) is 0 Å². The Labute approximate surface area is 367 Å². The summed E-state index contributed by atoms with van der Waals surface area (Å²) in [5, 5.41) is 5.95. The Kier molecular flexibility index (Phi) is 7.36. The number of allylic oxidation sites excluding steroid dienone is 4. The second-order valence-corrected chi connectivity index (χ2v) is 17.8. The predicted octanol–water partition coefficient (Wildman–Crippen LogP) is 15.8. The van der Waals surface area contributed by atoms with E-state index in [0.717, 1.165) is 50.7 Å². The van der Waals surface area contributed by atoms with Crippen LogP contribution in [0.3, 0.4) is 0 Å². The smallest absolute Gasteiger partial charge is 0.235 e. The highest BCUT2D eigenvalue weighted by Crippen LogP contribution is 2.52. The number of hydrogen-bond donors (Lipinski definition) is 0. The maximum absolute atomic E-state index is 5.77. The molecule has 4 nitrogen and oxygen atoms in total. The molecule has 12 aromatic rings. The first-order valence-corrected chi connectivity index (χ1v) is 22.5. The normalized spacial score (nSPS) is 13.3. The molecule has 0 N–H and O–H groups in total. The van der Waals surface area contributed by atoms with Crippen LogP contribution in [0.25, 0.3) is 126 Å². The van der Waals surface area contributed by atoms with Crippen LogP contribution in [0.4, 0.5) is 0 Å². The van der Waals surface area contributed by atoms with Gasteiger partial charge < -0.3 is 4.57 Å². The zero-order valence-electron chi connectivity index (χ0n) is 34.1. The molecule has 0 saturated carbocycles. The fourth-order valence-corrected chi connectivity index (χ4v) is 11.8. The molecule has 0 amide bonds. The largest absolute Gasteiger partial charge is 0.308 e. The molecule has 14 rings (SSSR count). The Bertz CT molecular complexity index is 3970. The minimum Gasteiger partial charge on any atom is -0.308 e. The summed E-state index contributed by atoms with van der Waals surface area (Å²) >= 11 is 1.78. The lowest BCUT2D eigenvalue weighted by Gasteiger charge is -2.15. The van der Waals surface area contributed by atoms with Gasteiger partial charge in [0, 0.05) is 48.3 Å². The van der Waals surface area contributed by atoms with Crippen molar-refractivity contribution in [2.24, 2.45) is 0 Å². The minimum absolute atomic E-state index is 0.666. The van der Waals surface area contributed by atoms with E-state index in [2.05, 4.69) is 203 Å². The molecule has 294 valence electrons. The second-order valence-electron chi connectivity index (χ2n) is 16.8. The molecule has 0 unspecified atom stereocenters. The highest BCUT2D eigenvalue weighted by atomic mass is 32.1. The Morgan fingerprint density at radius 1 is 0.492 bits per heavy atom. The summed E-state index contributed by atoms with van der Waals surface area (Å²) in [5.41, 5.74) is 18.6. The predicted molar refractivity (Wildman–Crippen MR) is 265 cm³/mol. The highest BCUT2D eigenvalue weighted by Gasteiger charge is 2.30. The van der Waals surface area contributed by atoms with Crippen LogP contribution in [0.15, 0.2) is 194 Å². The van der Waals surface area contributed by atoms with Crippen molar-refractivity contribution in [3.8, 4) is 56.3 Å². The second kappa shape index (κ2) is 13.3. The number of nitrogens with zero attached hydrogens (tertiary/aromatic N) is 4. The first kappa shape index (κ1) is 34.8. The van der Waals surface area contributed by atoms with Gasteiger partial charge >= 0.3 is 0 Å². The molecule has 63 heavy (non-hydrogen) atoms. The number of aromatic nitrogens is 4. The molecule has 8 aromatic carbocycles. The van der Waals surface area contributed by atoms with Gasteiger partial charge in [-0.15, -0.1) is 11.3 Å². The van der Waals surface area contributed by atoms with Gasteiger partial charge in [-0.25, -0.2) is 9.97 Å². The minimum atomic E-state index is 0.666. The van der Waals surface area contributed by atoms with Gasteiger partial charge in [0.15, 0.2) is 0 Å². The molecule has 4 aromatic heterocycles. The fourth-order valence-electron chi connectivity index (χ4n) is 10.6. The van der Waals surface area contributed by atoms with E-state index in [1.165, 1.54) is 87.5 Å². The lowest BCUT2D eigenvalue weighted by atomic mass is 9.91. The van der Waals surface area contributed by atoms with Crippen LogP contribution in [0.2, 0.25) is 0 Å². The van der Waals surface area contributed by atoms with Crippen molar-refractivity contribution in [2.45, 2.75) is 12.8 Å². The standard InChI is InChI=1S/C58H36N4S/c1-3-17-35(18-4-1)37-31-38(36-19-5-2-6-20-36)33-39(32-37)54-57-55(45-26-12-16-30-51(45)63-57)60-58(59-54)62-49-29-15-11-25-44(49)52-50(62)34-46-42-23-10-14-28-48(42)61-47-27-13-9-22-41(47)40-21-7-8-24-43(40)53(52)56(46)61/h1-5,7-19,21-34H,6,20H2. The highest BCUT2D eigenvalue weighted by molar-refractivity contribution is 7.26. The zero-order valence-corrected chi connectivity index (χ0v) is 34.9. The van der Waals surface area contributed by atoms with Crippen molar-refractivity contribution in [3.05, 3.63) is 200 Å². The van der Waals surface area contributed by atoms with Gasteiger partial charge in [0.1, 0.15) is 0 Å². The van der Waals surface area contributed by atoms with Gasteiger partial charge in [-0.3, -0.25) is 4.57 Å². The molecular weight excluding hydrogens is 785 g/mol. The van der Waals surface area contributed by atoms with Gasteiger partial charge in [0.05, 0.1) is 43.7 Å². The maximum atomic E-state index is 5.77. The van der Waals surface area contributed by atoms with E-state index in [4.69, 9.17) is 9.97 Å². The van der Waals surface area contributed by atoms with Gasteiger partial charge in [-0.2, -0.15) is 0 Å². The average molecular weight is 821 g/mol. The summed E-state index contributed by atoms with van der Waals surface area (Å²) in [6.07, 6.45) is 8.77. The molecule has 2 aliphatic rings.